The Morgan fingerprint density at radius 1 is 1.29 bits per heavy atom. The summed E-state index contributed by atoms with van der Waals surface area (Å²) in [5, 5.41) is 27.8. The summed E-state index contributed by atoms with van der Waals surface area (Å²) < 4.78 is 0. The standard InChI is InChI=1S/C16H19NO4/c1-11-6-12(4-2-3-5-18)8-13(7-11)16(21)17-9-14(19)15(20)10-17/h6-8,14-15,18-20H,3,5,9-10H2,1H3. The first-order chi connectivity index (χ1) is 10.0. The Kier molecular flexibility index (Phi) is 4.97. The van der Waals surface area contributed by atoms with E-state index in [0.717, 1.165) is 5.56 Å². The van der Waals surface area contributed by atoms with E-state index >= 15 is 0 Å². The maximum atomic E-state index is 12.4. The Balaban J connectivity index is 2.20. The molecule has 5 heteroatoms. The summed E-state index contributed by atoms with van der Waals surface area (Å²) in [6.45, 7) is 2.16. The molecule has 1 aliphatic heterocycles. The van der Waals surface area contributed by atoms with Crippen LogP contribution in [0.4, 0.5) is 0 Å². The number of carbonyl (C=O) groups is 1. The zero-order valence-electron chi connectivity index (χ0n) is 11.9. The molecule has 0 saturated carbocycles. The lowest BCUT2D eigenvalue weighted by atomic mass is 10.1. The fourth-order valence-electron chi connectivity index (χ4n) is 2.32. The van der Waals surface area contributed by atoms with Gasteiger partial charge in [0.2, 0.25) is 0 Å². The molecule has 2 rings (SSSR count). The van der Waals surface area contributed by atoms with E-state index in [1.54, 1.807) is 12.1 Å². The van der Waals surface area contributed by atoms with Crippen LogP contribution in [0.25, 0.3) is 0 Å². The summed E-state index contributed by atoms with van der Waals surface area (Å²) in [6.07, 6.45) is -1.38. The lowest BCUT2D eigenvalue weighted by Gasteiger charge is -2.16. The summed E-state index contributed by atoms with van der Waals surface area (Å²) in [7, 11) is 0. The molecule has 2 unspecified atom stereocenters. The molecule has 1 heterocycles. The van der Waals surface area contributed by atoms with E-state index in [4.69, 9.17) is 5.11 Å². The number of aliphatic hydroxyl groups is 3. The van der Waals surface area contributed by atoms with Crippen LogP contribution in [-0.4, -0.2) is 58.0 Å². The lowest BCUT2D eigenvalue weighted by Crippen LogP contribution is -2.29. The molecular formula is C16H19NO4. The highest BCUT2D eigenvalue weighted by Crippen LogP contribution is 2.16. The van der Waals surface area contributed by atoms with Gasteiger partial charge in [-0.25, -0.2) is 0 Å². The highest BCUT2D eigenvalue weighted by atomic mass is 16.3. The first kappa shape index (κ1) is 15.5. The molecule has 1 fully saturated rings. The number of β-amino-alcohol motifs (C(OH)–C–C–N with tert-alkyl or cyclic N) is 2. The zero-order valence-corrected chi connectivity index (χ0v) is 11.9. The van der Waals surface area contributed by atoms with Crippen LogP contribution >= 0.6 is 0 Å². The third kappa shape index (κ3) is 3.82. The minimum atomic E-state index is -0.887. The highest BCUT2D eigenvalue weighted by Gasteiger charge is 2.32. The van der Waals surface area contributed by atoms with Crippen LogP contribution in [0.5, 0.6) is 0 Å². The van der Waals surface area contributed by atoms with Crippen LogP contribution in [0.1, 0.15) is 27.9 Å². The van der Waals surface area contributed by atoms with Gasteiger partial charge >= 0.3 is 0 Å². The minimum absolute atomic E-state index is 0.00809. The van der Waals surface area contributed by atoms with Gasteiger partial charge in [-0.3, -0.25) is 4.79 Å². The topological polar surface area (TPSA) is 81.0 Å². The van der Waals surface area contributed by atoms with Crippen LogP contribution < -0.4 is 0 Å². The van der Waals surface area contributed by atoms with Gasteiger partial charge in [-0.15, -0.1) is 0 Å². The van der Waals surface area contributed by atoms with E-state index in [1.807, 2.05) is 13.0 Å². The third-order valence-electron chi connectivity index (χ3n) is 3.34. The average molecular weight is 289 g/mol. The van der Waals surface area contributed by atoms with Crippen molar-refractivity contribution in [3.05, 3.63) is 34.9 Å². The van der Waals surface area contributed by atoms with Gasteiger partial charge in [0.25, 0.3) is 5.91 Å². The van der Waals surface area contributed by atoms with E-state index in [1.165, 1.54) is 4.90 Å². The van der Waals surface area contributed by atoms with E-state index < -0.39 is 12.2 Å². The Hall–Kier alpha value is -1.87. The molecule has 112 valence electrons. The molecule has 3 N–H and O–H groups in total. The molecule has 0 radical (unpaired) electrons. The molecular weight excluding hydrogens is 270 g/mol. The summed E-state index contributed by atoms with van der Waals surface area (Å²) in [5.41, 5.74) is 2.12. The van der Waals surface area contributed by atoms with Crippen LogP contribution in [0, 0.1) is 18.8 Å². The van der Waals surface area contributed by atoms with Crippen molar-refractivity contribution < 1.29 is 20.1 Å². The van der Waals surface area contributed by atoms with Crippen LogP contribution in [0.3, 0.4) is 0 Å². The summed E-state index contributed by atoms with van der Waals surface area (Å²) in [5.74, 6) is 5.51. The van der Waals surface area contributed by atoms with E-state index in [0.29, 0.717) is 17.5 Å². The second-order valence-electron chi connectivity index (χ2n) is 5.21. The van der Waals surface area contributed by atoms with Gasteiger partial charge in [0, 0.05) is 30.6 Å². The molecule has 1 aromatic rings. The third-order valence-corrected chi connectivity index (χ3v) is 3.34. The van der Waals surface area contributed by atoms with Gasteiger partial charge in [0.05, 0.1) is 18.8 Å². The largest absolute Gasteiger partial charge is 0.395 e. The number of likely N-dealkylation sites (tertiary alicyclic amines) is 1. The normalized spacial score (nSPS) is 21.0. The van der Waals surface area contributed by atoms with Gasteiger partial charge in [0.1, 0.15) is 0 Å². The second-order valence-corrected chi connectivity index (χ2v) is 5.21. The predicted octanol–water partition coefficient (Wildman–Crippen LogP) is -0.0935. The number of rotatable bonds is 2. The molecule has 0 bridgehead atoms. The number of nitrogens with zero attached hydrogens (tertiary/aromatic N) is 1. The monoisotopic (exact) mass is 289 g/mol. The number of aliphatic hydroxyl groups excluding tert-OH is 3. The average Bonchev–Trinajstić information content (AvgIpc) is 2.77. The van der Waals surface area contributed by atoms with Crippen molar-refractivity contribution in [2.45, 2.75) is 25.6 Å². The summed E-state index contributed by atoms with van der Waals surface area (Å²) >= 11 is 0. The molecule has 0 spiro atoms. The fraction of sp³-hybridized carbons (Fsp3) is 0.438. The Bertz CT molecular complexity index is 578. The maximum absolute atomic E-state index is 12.4. The van der Waals surface area contributed by atoms with Crippen molar-refractivity contribution in [1.82, 2.24) is 4.90 Å². The van der Waals surface area contributed by atoms with Gasteiger partial charge in [0.15, 0.2) is 0 Å². The predicted molar refractivity (Wildman–Crippen MR) is 77.7 cm³/mol. The molecule has 1 aliphatic rings. The lowest BCUT2D eigenvalue weighted by molar-refractivity contribution is 0.0572. The minimum Gasteiger partial charge on any atom is -0.395 e. The summed E-state index contributed by atoms with van der Waals surface area (Å²) in [6, 6.07) is 5.32. The first-order valence-electron chi connectivity index (χ1n) is 6.88. The van der Waals surface area contributed by atoms with Crippen molar-refractivity contribution >= 4 is 5.91 Å². The molecule has 0 aliphatic carbocycles. The molecule has 5 nitrogen and oxygen atoms in total. The Morgan fingerprint density at radius 2 is 1.95 bits per heavy atom. The van der Waals surface area contributed by atoms with Crippen LogP contribution in [0.2, 0.25) is 0 Å². The SMILES string of the molecule is Cc1cc(C#CCCO)cc(C(=O)N2CC(O)C(O)C2)c1. The van der Waals surface area contributed by atoms with E-state index in [2.05, 4.69) is 11.8 Å². The highest BCUT2D eigenvalue weighted by molar-refractivity contribution is 5.95. The Labute approximate surface area is 123 Å². The van der Waals surface area contributed by atoms with Gasteiger partial charge < -0.3 is 20.2 Å². The van der Waals surface area contributed by atoms with Crippen molar-refractivity contribution in [1.29, 1.82) is 0 Å². The van der Waals surface area contributed by atoms with E-state index in [-0.39, 0.29) is 25.6 Å². The second kappa shape index (κ2) is 6.72. The zero-order chi connectivity index (χ0) is 15.4. The smallest absolute Gasteiger partial charge is 0.254 e. The van der Waals surface area contributed by atoms with Gasteiger partial charge in [-0.05, 0) is 30.7 Å². The number of hydrogen-bond acceptors (Lipinski definition) is 4. The molecule has 1 saturated heterocycles. The fourth-order valence-corrected chi connectivity index (χ4v) is 2.32. The number of aryl methyl sites for hydroxylation is 1. The van der Waals surface area contributed by atoms with Gasteiger partial charge in [-0.1, -0.05) is 11.8 Å². The Morgan fingerprint density at radius 3 is 2.57 bits per heavy atom. The first-order valence-corrected chi connectivity index (χ1v) is 6.88. The molecule has 1 aromatic carbocycles. The molecule has 0 aromatic heterocycles. The quantitative estimate of drug-likeness (QED) is 0.665. The van der Waals surface area contributed by atoms with Crippen LogP contribution in [-0.2, 0) is 0 Å². The van der Waals surface area contributed by atoms with Gasteiger partial charge in [-0.2, -0.15) is 0 Å². The van der Waals surface area contributed by atoms with Crippen molar-refractivity contribution in [2.75, 3.05) is 19.7 Å². The molecule has 1 amide bonds. The van der Waals surface area contributed by atoms with E-state index in [9.17, 15) is 15.0 Å². The van der Waals surface area contributed by atoms with Crippen LogP contribution in [0.15, 0.2) is 18.2 Å². The number of benzene rings is 1. The maximum Gasteiger partial charge on any atom is 0.254 e. The van der Waals surface area contributed by atoms with Crippen molar-refractivity contribution in [2.24, 2.45) is 0 Å². The number of amides is 1. The number of hydrogen-bond donors (Lipinski definition) is 3. The summed E-state index contributed by atoms with van der Waals surface area (Å²) in [4.78, 5) is 13.8. The van der Waals surface area contributed by atoms with Crippen molar-refractivity contribution in [3.8, 4) is 11.8 Å². The number of carbonyl (C=O) groups excluding carboxylic acids is 1. The molecule has 21 heavy (non-hydrogen) atoms. The van der Waals surface area contributed by atoms with Crippen molar-refractivity contribution in [3.63, 3.8) is 0 Å². The molecule has 2 atom stereocenters.